The minimum absolute atomic E-state index is 0.0345. The Morgan fingerprint density at radius 1 is 1.50 bits per heavy atom. The monoisotopic (exact) mass is 314 g/mol. The summed E-state index contributed by atoms with van der Waals surface area (Å²) in [6, 6.07) is 3.39. The van der Waals surface area contributed by atoms with Crippen molar-refractivity contribution in [3.8, 4) is 0 Å². The Hall–Kier alpha value is -0.750. The van der Waals surface area contributed by atoms with E-state index in [1.54, 1.807) is 6.92 Å². The van der Waals surface area contributed by atoms with Crippen LogP contribution in [-0.2, 0) is 4.79 Å². The minimum atomic E-state index is -0.423. The van der Waals surface area contributed by atoms with Gasteiger partial charge in [-0.15, -0.1) is 11.8 Å². The second-order valence-corrected chi connectivity index (χ2v) is 6.74. The molecule has 1 aliphatic heterocycles. The quantitative estimate of drug-likeness (QED) is 0.731. The molecular formula is C14H19ClN2O2S. The van der Waals surface area contributed by atoms with Gasteiger partial charge in [-0.2, -0.15) is 0 Å². The fourth-order valence-electron chi connectivity index (χ4n) is 2.06. The van der Waals surface area contributed by atoms with Gasteiger partial charge in [0.1, 0.15) is 6.04 Å². The number of aliphatic hydroxyl groups excluding tert-OH is 1. The van der Waals surface area contributed by atoms with Crippen LogP contribution in [0.25, 0.3) is 0 Å². The molecule has 0 aromatic heterocycles. The fourth-order valence-corrected chi connectivity index (χ4v) is 3.32. The van der Waals surface area contributed by atoms with E-state index in [1.165, 1.54) is 11.8 Å². The lowest BCUT2D eigenvalue weighted by molar-refractivity contribution is -0.117. The maximum Gasteiger partial charge on any atom is 0.246 e. The van der Waals surface area contributed by atoms with Gasteiger partial charge in [-0.25, -0.2) is 0 Å². The third kappa shape index (κ3) is 3.11. The number of carbonyl (C=O) groups is 1. The lowest BCUT2D eigenvalue weighted by Crippen LogP contribution is -2.27. The van der Waals surface area contributed by atoms with Crippen molar-refractivity contribution in [1.29, 1.82) is 0 Å². The van der Waals surface area contributed by atoms with Crippen molar-refractivity contribution in [3.63, 3.8) is 0 Å². The maximum absolute atomic E-state index is 11.9. The van der Waals surface area contributed by atoms with Crippen LogP contribution < -0.4 is 10.6 Å². The lowest BCUT2D eigenvalue weighted by atomic mass is 10.1. The zero-order chi connectivity index (χ0) is 14.9. The molecule has 4 nitrogen and oxygen atoms in total. The molecule has 2 rings (SSSR count). The third-order valence-electron chi connectivity index (χ3n) is 3.34. The van der Waals surface area contributed by atoms with Crippen molar-refractivity contribution in [2.24, 2.45) is 0 Å². The average Bonchev–Trinajstić information content (AvgIpc) is 2.67. The summed E-state index contributed by atoms with van der Waals surface area (Å²) in [6.07, 6.45) is -0.423. The lowest BCUT2D eigenvalue weighted by Gasteiger charge is -2.16. The number of carbonyl (C=O) groups excluding carboxylic acids is 1. The van der Waals surface area contributed by atoms with Crippen molar-refractivity contribution in [2.45, 2.75) is 43.1 Å². The molecule has 3 unspecified atom stereocenters. The SMILES string of the molecule is CCNC1C(=O)Nc2cc(SC(C)C(C)O)c(Cl)cc21. The summed E-state index contributed by atoms with van der Waals surface area (Å²) in [4.78, 5) is 12.8. The largest absolute Gasteiger partial charge is 0.392 e. The van der Waals surface area contributed by atoms with E-state index in [4.69, 9.17) is 11.6 Å². The molecular weight excluding hydrogens is 296 g/mol. The van der Waals surface area contributed by atoms with Crippen LogP contribution in [0.3, 0.4) is 0 Å². The first-order valence-corrected chi connectivity index (χ1v) is 7.92. The molecule has 0 saturated heterocycles. The van der Waals surface area contributed by atoms with Gasteiger partial charge < -0.3 is 15.7 Å². The normalized spacial score (nSPS) is 20.4. The van der Waals surface area contributed by atoms with E-state index < -0.39 is 6.10 Å². The van der Waals surface area contributed by atoms with E-state index in [-0.39, 0.29) is 17.2 Å². The highest BCUT2D eigenvalue weighted by Crippen LogP contribution is 2.40. The number of nitrogens with one attached hydrogen (secondary N) is 2. The second kappa shape index (κ2) is 6.35. The number of likely N-dealkylation sites (N-methyl/N-ethyl adjacent to an activating group) is 1. The number of anilines is 1. The summed E-state index contributed by atoms with van der Waals surface area (Å²) in [6.45, 7) is 6.37. The van der Waals surface area contributed by atoms with Crippen LogP contribution in [0.4, 0.5) is 5.69 Å². The van der Waals surface area contributed by atoms with E-state index in [2.05, 4.69) is 10.6 Å². The number of rotatable bonds is 5. The van der Waals surface area contributed by atoms with E-state index in [9.17, 15) is 9.90 Å². The molecule has 0 aliphatic carbocycles. The summed E-state index contributed by atoms with van der Waals surface area (Å²) in [7, 11) is 0. The Balaban J connectivity index is 2.29. The summed E-state index contributed by atoms with van der Waals surface area (Å²) >= 11 is 7.81. The highest BCUT2D eigenvalue weighted by atomic mass is 35.5. The molecule has 1 aromatic rings. The molecule has 0 fully saturated rings. The van der Waals surface area contributed by atoms with Crippen LogP contribution >= 0.6 is 23.4 Å². The fraction of sp³-hybridized carbons (Fsp3) is 0.500. The molecule has 0 spiro atoms. The number of benzene rings is 1. The number of amides is 1. The average molecular weight is 315 g/mol. The predicted molar refractivity (Wildman–Crippen MR) is 83.5 cm³/mol. The Bertz CT molecular complexity index is 522. The first kappa shape index (κ1) is 15.6. The third-order valence-corrected chi connectivity index (χ3v) is 5.12. The highest BCUT2D eigenvalue weighted by Gasteiger charge is 2.31. The van der Waals surface area contributed by atoms with Crippen LogP contribution in [0, 0.1) is 0 Å². The van der Waals surface area contributed by atoms with Gasteiger partial charge in [-0.1, -0.05) is 25.4 Å². The summed E-state index contributed by atoms with van der Waals surface area (Å²) in [5.41, 5.74) is 1.68. The Morgan fingerprint density at radius 2 is 2.20 bits per heavy atom. The zero-order valence-corrected chi connectivity index (χ0v) is 13.3. The number of thioether (sulfide) groups is 1. The van der Waals surface area contributed by atoms with Gasteiger partial charge in [0.05, 0.1) is 11.1 Å². The van der Waals surface area contributed by atoms with Gasteiger partial charge in [-0.05, 0) is 25.6 Å². The molecule has 3 atom stereocenters. The number of hydrogen-bond donors (Lipinski definition) is 3. The molecule has 0 radical (unpaired) electrons. The van der Waals surface area contributed by atoms with Crippen molar-refractivity contribution >= 4 is 35.0 Å². The number of hydrogen-bond acceptors (Lipinski definition) is 4. The van der Waals surface area contributed by atoms with Crippen molar-refractivity contribution < 1.29 is 9.90 Å². The van der Waals surface area contributed by atoms with E-state index in [0.29, 0.717) is 11.6 Å². The molecule has 1 amide bonds. The van der Waals surface area contributed by atoms with Gasteiger partial charge >= 0.3 is 0 Å². The van der Waals surface area contributed by atoms with Gasteiger partial charge in [-0.3, -0.25) is 4.79 Å². The molecule has 0 bridgehead atoms. The van der Waals surface area contributed by atoms with Crippen LogP contribution in [0.2, 0.25) is 5.02 Å². The van der Waals surface area contributed by atoms with Crippen molar-refractivity contribution in [2.75, 3.05) is 11.9 Å². The first-order valence-electron chi connectivity index (χ1n) is 6.66. The maximum atomic E-state index is 11.9. The Kier molecular flexibility index (Phi) is 4.96. The number of fused-ring (bicyclic) bond motifs is 1. The molecule has 110 valence electrons. The molecule has 1 aromatic carbocycles. The van der Waals surface area contributed by atoms with Gasteiger partial charge in [0.25, 0.3) is 0 Å². The molecule has 3 N–H and O–H groups in total. The Morgan fingerprint density at radius 3 is 2.80 bits per heavy atom. The molecule has 1 aliphatic rings. The van der Waals surface area contributed by atoms with E-state index in [1.807, 2.05) is 26.0 Å². The topological polar surface area (TPSA) is 61.4 Å². The van der Waals surface area contributed by atoms with Crippen LogP contribution in [-0.4, -0.2) is 28.9 Å². The predicted octanol–water partition coefficient (Wildman–Crippen LogP) is 2.80. The molecule has 1 heterocycles. The number of aliphatic hydroxyl groups is 1. The molecule has 20 heavy (non-hydrogen) atoms. The summed E-state index contributed by atoms with van der Waals surface area (Å²) in [5, 5.41) is 16.2. The minimum Gasteiger partial charge on any atom is -0.392 e. The Labute approximate surface area is 128 Å². The smallest absolute Gasteiger partial charge is 0.246 e. The summed E-state index contributed by atoms with van der Waals surface area (Å²) < 4.78 is 0. The van der Waals surface area contributed by atoms with Gasteiger partial charge in [0.15, 0.2) is 0 Å². The molecule has 0 saturated carbocycles. The molecule has 6 heteroatoms. The van der Waals surface area contributed by atoms with Gasteiger partial charge in [0.2, 0.25) is 5.91 Å². The van der Waals surface area contributed by atoms with Crippen LogP contribution in [0.15, 0.2) is 17.0 Å². The van der Waals surface area contributed by atoms with Crippen LogP contribution in [0.5, 0.6) is 0 Å². The van der Waals surface area contributed by atoms with E-state index in [0.717, 1.165) is 16.1 Å². The summed E-state index contributed by atoms with van der Waals surface area (Å²) in [5.74, 6) is -0.0522. The first-order chi connectivity index (χ1) is 9.43. The number of halogens is 1. The standard InChI is InChI=1S/C14H19ClN2O2S/c1-4-16-13-9-5-10(15)12(20-8(3)7(2)18)6-11(9)17-14(13)19/h5-8,13,16,18H,4H2,1-3H3,(H,17,19). The van der Waals surface area contributed by atoms with Crippen molar-refractivity contribution in [3.05, 3.63) is 22.7 Å². The van der Waals surface area contributed by atoms with E-state index >= 15 is 0 Å². The van der Waals surface area contributed by atoms with Gasteiger partial charge in [0, 0.05) is 21.4 Å². The second-order valence-electron chi connectivity index (χ2n) is 4.91. The highest BCUT2D eigenvalue weighted by molar-refractivity contribution is 8.00. The zero-order valence-electron chi connectivity index (χ0n) is 11.7. The van der Waals surface area contributed by atoms with Crippen LogP contribution in [0.1, 0.15) is 32.4 Å². The van der Waals surface area contributed by atoms with Crippen molar-refractivity contribution in [1.82, 2.24) is 5.32 Å².